The molecule has 2 amide bonds. The van der Waals surface area contributed by atoms with Crippen LogP contribution in [0.3, 0.4) is 0 Å². The molecule has 1 aliphatic carbocycles. The molecule has 1 fully saturated rings. The van der Waals surface area contributed by atoms with Gasteiger partial charge in [-0.2, -0.15) is 0 Å². The summed E-state index contributed by atoms with van der Waals surface area (Å²) in [5.41, 5.74) is 0.640. The van der Waals surface area contributed by atoms with Gasteiger partial charge >= 0.3 is 5.97 Å². The van der Waals surface area contributed by atoms with Gasteiger partial charge < -0.3 is 20.5 Å². The number of carboxylic acids is 1. The predicted molar refractivity (Wildman–Crippen MR) is 83.2 cm³/mol. The van der Waals surface area contributed by atoms with Crippen LogP contribution in [0.25, 0.3) is 0 Å². The number of rotatable bonds is 9. The second-order valence-corrected chi connectivity index (χ2v) is 5.43. The smallest absolute Gasteiger partial charge is 0.303 e. The van der Waals surface area contributed by atoms with Gasteiger partial charge in [0.05, 0.1) is 0 Å². The summed E-state index contributed by atoms with van der Waals surface area (Å²) in [5.74, 6) is -0.586. The number of hydrogen-bond acceptors (Lipinski definition) is 4. The van der Waals surface area contributed by atoms with E-state index in [0.717, 1.165) is 12.8 Å². The molecule has 0 unspecified atom stereocenters. The molecule has 7 heteroatoms. The van der Waals surface area contributed by atoms with E-state index in [4.69, 9.17) is 9.84 Å². The highest BCUT2D eigenvalue weighted by Crippen LogP contribution is 2.30. The maximum Gasteiger partial charge on any atom is 0.303 e. The third-order valence-electron chi connectivity index (χ3n) is 3.31. The number of nitrogens with one attached hydrogen (secondary N) is 2. The van der Waals surface area contributed by atoms with Crippen molar-refractivity contribution < 1.29 is 24.2 Å². The predicted octanol–water partition coefficient (Wildman–Crippen LogP) is 1.39. The average molecular weight is 320 g/mol. The third-order valence-corrected chi connectivity index (χ3v) is 3.31. The molecule has 124 valence electrons. The Balaban J connectivity index is 1.71. The van der Waals surface area contributed by atoms with Crippen molar-refractivity contribution in [3.05, 3.63) is 24.3 Å². The van der Waals surface area contributed by atoms with E-state index in [9.17, 15) is 14.4 Å². The number of ether oxygens (including phenoxy) is 1. The zero-order chi connectivity index (χ0) is 16.7. The molecule has 7 nitrogen and oxygen atoms in total. The second kappa shape index (κ2) is 8.17. The van der Waals surface area contributed by atoms with Crippen LogP contribution < -0.4 is 15.4 Å². The van der Waals surface area contributed by atoms with E-state index in [-0.39, 0.29) is 30.8 Å². The lowest BCUT2D eigenvalue weighted by molar-refractivity contribution is -0.137. The SMILES string of the molecule is O=C(O)CCCNC(=O)COc1cccc(NC(=O)C2CC2)c1. The Hall–Kier alpha value is -2.57. The largest absolute Gasteiger partial charge is 0.484 e. The van der Waals surface area contributed by atoms with Crippen LogP contribution >= 0.6 is 0 Å². The molecule has 2 rings (SSSR count). The van der Waals surface area contributed by atoms with Crippen molar-refractivity contribution in [2.75, 3.05) is 18.5 Å². The molecule has 0 saturated heterocycles. The Bertz CT molecular complexity index is 584. The van der Waals surface area contributed by atoms with Crippen molar-refractivity contribution in [1.82, 2.24) is 5.32 Å². The van der Waals surface area contributed by atoms with Crippen molar-refractivity contribution in [3.63, 3.8) is 0 Å². The fourth-order valence-corrected chi connectivity index (χ4v) is 1.92. The molecule has 0 aromatic heterocycles. The highest BCUT2D eigenvalue weighted by molar-refractivity contribution is 5.94. The van der Waals surface area contributed by atoms with Crippen molar-refractivity contribution in [3.8, 4) is 5.75 Å². The molecule has 1 saturated carbocycles. The molecular weight excluding hydrogens is 300 g/mol. The van der Waals surface area contributed by atoms with Gasteiger partial charge in [0, 0.05) is 30.6 Å². The van der Waals surface area contributed by atoms with Gasteiger partial charge in [-0.15, -0.1) is 0 Å². The van der Waals surface area contributed by atoms with Crippen molar-refractivity contribution in [1.29, 1.82) is 0 Å². The lowest BCUT2D eigenvalue weighted by atomic mass is 10.3. The van der Waals surface area contributed by atoms with Gasteiger partial charge in [0.15, 0.2) is 6.61 Å². The molecular formula is C16H20N2O5. The summed E-state index contributed by atoms with van der Waals surface area (Å²) >= 11 is 0. The monoisotopic (exact) mass is 320 g/mol. The van der Waals surface area contributed by atoms with Gasteiger partial charge in [0.1, 0.15) is 5.75 Å². The van der Waals surface area contributed by atoms with E-state index in [2.05, 4.69) is 10.6 Å². The van der Waals surface area contributed by atoms with E-state index >= 15 is 0 Å². The molecule has 3 N–H and O–H groups in total. The summed E-state index contributed by atoms with van der Waals surface area (Å²) in [4.78, 5) is 33.6. The fraction of sp³-hybridized carbons (Fsp3) is 0.438. The number of anilines is 1. The zero-order valence-electron chi connectivity index (χ0n) is 12.7. The minimum absolute atomic E-state index is 0.0123. The molecule has 0 atom stereocenters. The molecule has 0 heterocycles. The van der Waals surface area contributed by atoms with E-state index in [0.29, 0.717) is 24.4 Å². The van der Waals surface area contributed by atoms with Crippen LogP contribution in [-0.2, 0) is 14.4 Å². The van der Waals surface area contributed by atoms with E-state index < -0.39 is 5.97 Å². The van der Waals surface area contributed by atoms with Gasteiger partial charge in [0.25, 0.3) is 5.91 Å². The van der Waals surface area contributed by atoms with E-state index in [1.54, 1.807) is 24.3 Å². The summed E-state index contributed by atoms with van der Waals surface area (Å²) in [6, 6.07) is 6.87. The normalized spacial score (nSPS) is 13.2. The lowest BCUT2D eigenvalue weighted by Crippen LogP contribution is -2.29. The quantitative estimate of drug-likeness (QED) is 0.596. The summed E-state index contributed by atoms with van der Waals surface area (Å²) in [7, 11) is 0. The van der Waals surface area contributed by atoms with Crippen LogP contribution in [0, 0.1) is 5.92 Å². The number of amides is 2. The zero-order valence-corrected chi connectivity index (χ0v) is 12.7. The number of benzene rings is 1. The summed E-state index contributed by atoms with van der Waals surface area (Å²) in [5, 5.41) is 13.9. The molecule has 0 bridgehead atoms. The van der Waals surface area contributed by atoms with Crippen molar-refractivity contribution in [2.45, 2.75) is 25.7 Å². The van der Waals surface area contributed by atoms with Crippen LogP contribution in [-0.4, -0.2) is 36.0 Å². The standard InChI is InChI=1S/C16H20N2O5/c19-14(17-8-2-5-15(20)21)10-23-13-4-1-3-12(9-13)18-16(22)11-6-7-11/h1,3-4,9,11H,2,5-8,10H2,(H,17,19)(H,18,22)(H,20,21). The van der Waals surface area contributed by atoms with Crippen LogP contribution in [0.5, 0.6) is 5.75 Å². The van der Waals surface area contributed by atoms with Crippen LogP contribution in [0.15, 0.2) is 24.3 Å². The topological polar surface area (TPSA) is 105 Å². The fourth-order valence-electron chi connectivity index (χ4n) is 1.92. The van der Waals surface area contributed by atoms with Gasteiger partial charge in [0.2, 0.25) is 5.91 Å². The average Bonchev–Trinajstić information content (AvgIpc) is 3.34. The maximum atomic E-state index is 11.7. The summed E-state index contributed by atoms with van der Waals surface area (Å²) < 4.78 is 5.36. The lowest BCUT2D eigenvalue weighted by Gasteiger charge is -2.09. The van der Waals surface area contributed by atoms with Crippen molar-refractivity contribution >= 4 is 23.5 Å². The van der Waals surface area contributed by atoms with Gasteiger partial charge in [-0.25, -0.2) is 0 Å². The Morgan fingerprint density at radius 2 is 2.04 bits per heavy atom. The summed E-state index contributed by atoms with van der Waals surface area (Å²) in [6.45, 7) is 0.138. The number of carbonyl (C=O) groups is 3. The molecule has 23 heavy (non-hydrogen) atoms. The van der Waals surface area contributed by atoms with Gasteiger partial charge in [-0.1, -0.05) is 6.07 Å². The number of carboxylic acid groups (broad SMARTS) is 1. The Morgan fingerprint density at radius 3 is 2.74 bits per heavy atom. The highest BCUT2D eigenvalue weighted by Gasteiger charge is 2.29. The van der Waals surface area contributed by atoms with Crippen LogP contribution in [0.1, 0.15) is 25.7 Å². The molecule has 1 aromatic carbocycles. The first-order valence-electron chi connectivity index (χ1n) is 7.57. The van der Waals surface area contributed by atoms with Crippen LogP contribution in [0.2, 0.25) is 0 Å². The molecule has 0 spiro atoms. The van der Waals surface area contributed by atoms with E-state index in [1.807, 2.05) is 0 Å². The van der Waals surface area contributed by atoms with Gasteiger partial charge in [-0.3, -0.25) is 14.4 Å². The Morgan fingerprint density at radius 1 is 1.26 bits per heavy atom. The number of hydrogen-bond donors (Lipinski definition) is 3. The number of aliphatic carboxylic acids is 1. The Labute approximate surface area is 134 Å². The number of carbonyl (C=O) groups excluding carboxylic acids is 2. The Kier molecular flexibility index (Phi) is 5.96. The molecule has 0 radical (unpaired) electrons. The highest BCUT2D eigenvalue weighted by atomic mass is 16.5. The van der Waals surface area contributed by atoms with Gasteiger partial charge in [-0.05, 0) is 31.4 Å². The minimum Gasteiger partial charge on any atom is -0.484 e. The molecule has 1 aromatic rings. The molecule has 1 aliphatic rings. The first-order valence-corrected chi connectivity index (χ1v) is 7.57. The maximum absolute atomic E-state index is 11.7. The van der Waals surface area contributed by atoms with E-state index in [1.165, 1.54) is 0 Å². The third kappa shape index (κ3) is 6.37. The first kappa shape index (κ1) is 16.8. The summed E-state index contributed by atoms with van der Waals surface area (Å²) in [6.07, 6.45) is 2.27. The van der Waals surface area contributed by atoms with Crippen molar-refractivity contribution in [2.24, 2.45) is 5.92 Å². The molecule has 0 aliphatic heterocycles. The van der Waals surface area contributed by atoms with Crippen LogP contribution in [0.4, 0.5) is 5.69 Å². The first-order chi connectivity index (χ1) is 11.0. The minimum atomic E-state index is -0.888. The second-order valence-electron chi connectivity index (χ2n) is 5.43.